The molecule has 0 aliphatic heterocycles. The number of benzene rings is 1. The molecule has 0 heterocycles. The number of hydrogen-bond donors (Lipinski definition) is 1. The fourth-order valence-electron chi connectivity index (χ4n) is 1.76. The van der Waals surface area contributed by atoms with E-state index >= 15 is 0 Å². The summed E-state index contributed by atoms with van der Waals surface area (Å²) in [5.41, 5.74) is 7.20. The molecular weight excluding hydrogens is 210 g/mol. The molecule has 1 aliphatic rings. The highest BCUT2D eigenvalue weighted by Crippen LogP contribution is 2.37. The van der Waals surface area contributed by atoms with Gasteiger partial charge in [0.05, 0.1) is 12.1 Å². The summed E-state index contributed by atoms with van der Waals surface area (Å²) in [6, 6.07) is 5.90. The fraction of sp³-hybridized carbons (Fsp3) is 0.500. The number of methoxy groups -OCH3 is 1. The van der Waals surface area contributed by atoms with Crippen LogP contribution in [-0.2, 0) is 0 Å². The molecule has 0 radical (unpaired) electrons. The van der Waals surface area contributed by atoms with Crippen molar-refractivity contribution in [1.82, 2.24) is 0 Å². The van der Waals surface area contributed by atoms with Crippen LogP contribution in [0.25, 0.3) is 0 Å². The van der Waals surface area contributed by atoms with E-state index in [4.69, 9.17) is 22.1 Å². The van der Waals surface area contributed by atoms with Gasteiger partial charge < -0.3 is 10.5 Å². The third kappa shape index (κ3) is 2.64. The molecule has 1 aromatic carbocycles. The van der Waals surface area contributed by atoms with Crippen LogP contribution in [0.2, 0.25) is 5.02 Å². The van der Waals surface area contributed by atoms with Gasteiger partial charge in [0.2, 0.25) is 0 Å². The van der Waals surface area contributed by atoms with E-state index in [1.807, 2.05) is 18.2 Å². The summed E-state index contributed by atoms with van der Waals surface area (Å²) in [6.07, 6.45) is 3.73. The van der Waals surface area contributed by atoms with Crippen LogP contribution in [0.1, 0.15) is 30.9 Å². The normalized spacial score (nSPS) is 17.5. The van der Waals surface area contributed by atoms with Crippen LogP contribution in [0.5, 0.6) is 5.75 Å². The standard InChI is InChI=1S/C12H16ClNO/c1-15-12-5-4-9(7-10(12)13)11(14)6-8-2-3-8/h4-5,7-8,11H,2-3,6,14H2,1H3. The third-order valence-corrected chi connectivity index (χ3v) is 3.18. The van der Waals surface area contributed by atoms with Crippen molar-refractivity contribution >= 4 is 11.6 Å². The Morgan fingerprint density at radius 2 is 2.27 bits per heavy atom. The summed E-state index contributed by atoms with van der Waals surface area (Å²) in [5.74, 6) is 1.54. The second-order valence-corrected chi connectivity index (χ2v) is 4.59. The van der Waals surface area contributed by atoms with Crippen molar-refractivity contribution in [3.63, 3.8) is 0 Å². The summed E-state index contributed by atoms with van der Waals surface area (Å²) in [4.78, 5) is 0. The van der Waals surface area contributed by atoms with Crippen LogP contribution in [0, 0.1) is 5.92 Å². The molecule has 1 fully saturated rings. The topological polar surface area (TPSA) is 35.2 Å². The van der Waals surface area contributed by atoms with E-state index in [0.29, 0.717) is 10.8 Å². The van der Waals surface area contributed by atoms with Crippen molar-refractivity contribution < 1.29 is 4.74 Å². The van der Waals surface area contributed by atoms with Gasteiger partial charge in [-0.25, -0.2) is 0 Å². The zero-order valence-electron chi connectivity index (χ0n) is 8.87. The molecule has 3 heteroatoms. The zero-order valence-corrected chi connectivity index (χ0v) is 9.63. The minimum atomic E-state index is 0.112. The van der Waals surface area contributed by atoms with Gasteiger partial charge in [0.25, 0.3) is 0 Å². The number of ether oxygens (including phenoxy) is 1. The summed E-state index contributed by atoms with van der Waals surface area (Å²) in [7, 11) is 1.62. The van der Waals surface area contributed by atoms with Crippen molar-refractivity contribution in [2.24, 2.45) is 11.7 Å². The van der Waals surface area contributed by atoms with Crippen LogP contribution in [0.4, 0.5) is 0 Å². The predicted octanol–water partition coefficient (Wildman–Crippen LogP) is 3.15. The highest BCUT2D eigenvalue weighted by molar-refractivity contribution is 6.32. The number of hydrogen-bond acceptors (Lipinski definition) is 2. The van der Waals surface area contributed by atoms with E-state index in [1.165, 1.54) is 12.8 Å². The molecule has 2 nitrogen and oxygen atoms in total. The van der Waals surface area contributed by atoms with Crippen LogP contribution < -0.4 is 10.5 Å². The highest BCUT2D eigenvalue weighted by atomic mass is 35.5. The SMILES string of the molecule is COc1ccc(C(N)CC2CC2)cc1Cl. The quantitative estimate of drug-likeness (QED) is 0.855. The number of halogens is 1. The number of rotatable bonds is 4. The molecule has 1 aromatic rings. The monoisotopic (exact) mass is 225 g/mol. The smallest absolute Gasteiger partial charge is 0.137 e. The first-order valence-electron chi connectivity index (χ1n) is 5.29. The maximum Gasteiger partial charge on any atom is 0.137 e. The lowest BCUT2D eigenvalue weighted by atomic mass is 10.0. The van der Waals surface area contributed by atoms with E-state index in [1.54, 1.807) is 7.11 Å². The Hall–Kier alpha value is -0.730. The Bertz CT molecular complexity index is 349. The van der Waals surface area contributed by atoms with Gasteiger partial charge in [0, 0.05) is 6.04 Å². The molecule has 0 saturated heterocycles. The summed E-state index contributed by atoms with van der Waals surface area (Å²) in [6.45, 7) is 0. The molecule has 82 valence electrons. The van der Waals surface area contributed by atoms with Gasteiger partial charge in [0.1, 0.15) is 5.75 Å². The molecule has 2 N–H and O–H groups in total. The molecule has 1 atom stereocenters. The van der Waals surface area contributed by atoms with Gasteiger partial charge in [-0.05, 0) is 30.0 Å². The minimum absolute atomic E-state index is 0.112. The zero-order chi connectivity index (χ0) is 10.8. The van der Waals surface area contributed by atoms with E-state index < -0.39 is 0 Å². The van der Waals surface area contributed by atoms with Crippen molar-refractivity contribution in [2.45, 2.75) is 25.3 Å². The summed E-state index contributed by atoms with van der Waals surface area (Å²) in [5, 5.41) is 0.640. The first kappa shape index (κ1) is 10.8. The van der Waals surface area contributed by atoms with Gasteiger partial charge in [-0.15, -0.1) is 0 Å². The third-order valence-electron chi connectivity index (χ3n) is 2.89. The van der Waals surface area contributed by atoms with E-state index in [-0.39, 0.29) is 6.04 Å². The Morgan fingerprint density at radius 3 is 2.80 bits per heavy atom. The van der Waals surface area contributed by atoms with Gasteiger partial charge >= 0.3 is 0 Å². The lowest BCUT2D eigenvalue weighted by molar-refractivity contribution is 0.414. The molecule has 0 amide bonds. The average Bonchev–Trinajstić information content (AvgIpc) is 3.01. The van der Waals surface area contributed by atoms with Gasteiger partial charge in [-0.3, -0.25) is 0 Å². The Kier molecular flexibility index (Phi) is 3.17. The molecule has 15 heavy (non-hydrogen) atoms. The molecule has 1 unspecified atom stereocenters. The van der Waals surface area contributed by atoms with E-state index in [0.717, 1.165) is 17.9 Å². The van der Waals surface area contributed by atoms with Gasteiger partial charge in [-0.2, -0.15) is 0 Å². The van der Waals surface area contributed by atoms with E-state index in [2.05, 4.69) is 0 Å². The summed E-state index contributed by atoms with van der Waals surface area (Å²) < 4.78 is 5.10. The summed E-state index contributed by atoms with van der Waals surface area (Å²) >= 11 is 6.05. The first-order chi connectivity index (χ1) is 7.20. The van der Waals surface area contributed by atoms with Crippen molar-refractivity contribution in [2.75, 3.05) is 7.11 Å². The second-order valence-electron chi connectivity index (χ2n) is 4.18. The Labute approximate surface area is 95.4 Å². The van der Waals surface area contributed by atoms with Crippen LogP contribution in [0.15, 0.2) is 18.2 Å². The molecule has 1 saturated carbocycles. The maximum atomic E-state index is 6.10. The fourth-order valence-corrected chi connectivity index (χ4v) is 2.03. The molecule has 0 aromatic heterocycles. The highest BCUT2D eigenvalue weighted by Gasteiger charge is 2.24. The lowest BCUT2D eigenvalue weighted by Gasteiger charge is -2.12. The van der Waals surface area contributed by atoms with Crippen LogP contribution in [0.3, 0.4) is 0 Å². The van der Waals surface area contributed by atoms with E-state index in [9.17, 15) is 0 Å². The maximum absolute atomic E-state index is 6.10. The first-order valence-corrected chi connectivity index (χ1v) is 5.67. The molecule has 1 aliphatic carbocycles. The van der Waals surface area contributed by atoms with Crippen molar-refractivity contribution in [3.8, 4) is 5.75 Å². The Balaban J connectivity index is 2.09. The van der Waals surface area contributed by atoms with Crippen molar-refractivity contribution in [1.29, 1.82) is 0 Å². The predicted molar refractivity (Wildman–Crippen MR) is 62.3 cm³/mol. The van der Waals surface area contributed by atoms with Crippen molar-refractivity contribution in [3.05, 3.63) is 28.8 Å². The lowest BCUT2D eigenvalue weighted by Crippen LogP contribution is -2.10. The van der Waals surface area contributed by atoms with Gasteiger partial charge in [0.15, 0.2) is 0 Å². The second kappa shape index (κ2) is 4.42. The van der Waals surface area contributed by atoms with Crippen LogP contribution in [-0.4, -0.2) is 7.11 Å². The van der Waals surface area contributed by atoms with Gasteiger partial charge in [-0.1, -0.05) is 30.5 Å². The molecular formula is C12H16ClNO. The number of nitrogens with two attached hydrogens (primary N) is 1. The molecule has 0 bridgehead atoms. The Morgan fingerprint density at radius 1 is 1.53 bits per heavy atom. The van der Waals surface area contributed by atoms with Crippen LogP contribution >= 0.6 is 11.6 Å². The molecule has 0 spiro atoms. The largest absolute Gasteiger partial charge is 0.495 e. The molecule has 2 rings (SSSR count). The average molecular weight is 226 g/mol. The minimum Gasteiger partial charge on any atom is -0.495 e.